The Morgan fingerprint density at radius 1 is 1.41 bits per heavy atom. The van der Waals surface area contributed by atoms with Crippen LogP contribution in [0.1, 0.15) is 16.1 Å². The molecule has 0 atom stereocenters. The van der Waals surface area contributed by atoms with Gasteiger partial charge in [-0.2, -0.15) is 0 Å². The van der Waals surface area contributed by atoms with Crippen molar-refractivity contribution < 1.29 is 14.1 Å². The molecule has 0 amide bonds. The maximum absolute atomic E-state index is 12.0. The third-order valence-electron chi connectivity index (χ3n) is 1.90. The highest BCUT2D eigenvalue weighted by Crippen LogP contribution is 2.33. The number of rotatable bonds is 3. The molecule has 0 unspecified atom stereocenters. The van der Waals surface area contributed by atoms with Gasteiger partial charge in [-0.3, -0.25) is 14.9 Å². The first-order valence-corrected chi connectivity index (χ1v) is 6.63. The lowest BCUT2D eigenvalue weighted by Crippen LogP contribution is -1.98. The summed E-state index contributed by atoms with van der Waals surface area (Å²) in [6, 6.07) is 4.08. The summed E-state index contributed by atoms with van der Waals surface area (Å²) in [5.41, 5.74) is 0.408. The molecular formula is C9H3Br2NO4S. The van der Waals surface area contributed by atoms with Gasteiger partial charge in [0.25, 0.3) is 0 Å². The Hall–Kier alpha value is -0.990. The normalized spacial score (nSPS) is 10.5. The van der Waals surface area contributed by atoms with Crippen molar-refractivity contribution in [3.05, 3.63) is 47.2 Å². The first kappa shape index (κ1) is 12.5. The zero-order valence-corrected chi connectivity index (χ0v) is 12.0. The van der Waals surface area contributed by atoms with Gasteiger partial charge in [-0.25, -0.2) is 0 Å². The average molecular weight is 381 g/mol. The molecule has 0 aromatic carbocycles. The highest BCUT2D eigenvalue weighted by molar-refractivity contribution is 9.12. The van der Waals surface area contributed by atoms with E-state index in [2.05, 4.69) is 31.9 Å². The van der Waals surface area contributed by atoms with E-state index in [1.807, 2.05) is 0 Å². The Labute approximate surface area is 116 Å². The van der Waals surface area contributed by atoms with Crippen LogP contribution in [0.5, 0.6) is 0 Å². The molecule has 2 aromatic rings. The number of carbonyl (C=O) groups excluding carboxylic acids is 1. The summed E-state index contributed by atoms with van der Waals surface area (Å²) in [7, 11) is 0. The van der Waals surface area contributed by atoms with E-state index in [4.69, 9.17) is 4.42 Å². The zero-order chi connectivity index (χ0) is 12.6. The van der Waals surface area contributed by atoms with Gasteiger partial charge in [0.15, 0.2) is 5.76 Å². The molecule has 8 heteroatoms. The van der Waals surface area contributed by atoms with Crippen LogP contribution in [-0.4, -0.2) is 10.7 Å². The van der Waals surface area contributed by atoms with Gasteiger partial charge in [-0.05, 0) is 44.0 Å². The number of hydrogen-bond donors (Lipinski definition) is 0. The summed E-state index contributed by atoms with van der Waals surface area (Å²) in [4.78, 5) is 21.7. The van der Waals surface area contributed by atoms with Crippen molar-refractivity contribution >= 4 is 54.9 Å². The number of thiophene rings is 1. The van der Waals surface area contributed by atoms with Gasteiger partial charge in [0, 0.05) is 0 Å². The van der Waals surface area contributed by atoms with Gasteiger partial charge in [0.1, 0.15) is 4.92 Å². The van der Waals surface area contributed by atoms with E-state index in [0.29, 0.717) is 9.35 Å². The highest BCUT2D eigenvalue weighted by Gasteiger charge is 2.21. The van der Waals surface area contributed by atoms with E-state index < -0.39 is 16.6 Å². The van der Waals surface area contributed by atoms with Crippen molar-refractivity contribution in [1.29, 1.82) is 0 Å². The van der Waals surface area contributed by atoms with Crippen LogP contribution in [-0.2, 0) is 0 Å². The van der Waals surface area contributed by atoms with Gasteiger partial charge in [-0.1, -0.05) is 0 Å². The van der Waals surface area contributed by atoms with Crippen LogP contribution in [0, 0.1) is 10.1 Å². The molecule has 0 aliphatic carbocycles. The van der Waals surface area contributed by atoms with E-state index in [1.54, 1.807) is 6.07 Å². The van der Waals surface area contributed by atoms with E-state index in [9.17, 15) is 14.9 Å². The summed E-state index contributed by atoms with van der Waals surface area (Å²) in [5.74, 6) is -0.895. The number of carbonyl (C=O) groups is 1. The third kappa shape index (κ3) is 2.48. The van der Waals surface area contributed by atoms with Crippen LogP contribution in [0.2, 0.25) is 0 Å². The minimum atomic E-state index is -0.685. The van der Waals surface area contributed by atoms with Crippen LogP contribution in [0.4, 0.5) is 5.88 Å². The zero-order valence-electron chi connectivity index (χ0n) is 7.98. The van der Waals surface area contributed by atoms with Crippen molar-refractivity contribution in [2.45, 2.75) is 0 Å². The summed E-state index contributed by atoms with van der Waals surface area (Å²) in [6.07, 6.45) is 0. The van der Waals surface area contributed by atoms with Crippen molar-refractivity contribution in [1.82, 2.24) is 0 Å². The predicted octanol–water partition coefficient (Wildman–Crippen LogP) is 4.01. The molecule has 2 heterocycles. The Morgan fingerprint density at radius 2 is 2.12 bits per heavy atom. The topological polar surface area (TPSA) is 73.3 Å². The monoisotopic (exact) mass is 379 g/mol. The lowest BCUT2D eigenvalue weighted by atomic mass is 10.2. The molecule has 0 aliphatic rings. The maximum Gasteiger partial charge on any atom is 0.433 e. The fourth-order valence-electron chi connectivity index (χ4n) is 1.18. The second-order valence-corrected chi connectivity index (χ2v) is 6.71. The average Bonchev–Trinajstić information content (AvgIpc) is 2.84. The molecule has 17 heavy (non-hydrogen) atoms. The molecule has 2 aromatic heterocycles. The summed E-state index contributed by atoms with van der Waals surface area (Å²) in [6.45, 7) is 0. The lowest BCUT2D eigenvalue weighted by molar-refractivity contribution is -0.402. The van der Waals surface area contributed by atoms with E-state index >= 15 is 0 Å². The molecule has 0 bridgehead atoms. The van der Waals surface area contributed by atoms with Crippen LogP contribution in [0.25, 0.3) is 0 Å². The summed E-state index contributed by atoms with van der Waals surface area (Å²) in [5, 5.41) is 10.4. The largest absolute Gasteiger partial charge is 0.433 e. The molecule has 0 radical (unpaired) electrons. The second-order valence-electron chi connectivity index (χ2n) is 2.96. The molecule has 0 aliphatic heterocycles. The third-order valence-corrected chi connectivity index (χ3v) is 4.24. The maximum atomic E-state index is 12.0. The molecule has 88 valence electrons. The van der Waals surface area contributed by atoms with Crippen LogP contribution >= 0.6 is 43.2 Å². The fourth-order valence-corrected chi connectivity index (χ4v) is 3.97. The summed E-state index contributed by atoms with van der Waals surface area (Å²) >= 11 is 7.83. The van der Waals surface area contributed by atoms with Gasteiger partial charge < -0.3 is 4.42 Å². The van der Waals surface area contributed by atoms with E-state index in [1.165, 1.54) is 17.4 Å². The first-order chi connectivity index (χ1) is 7.99. The Bertz CT molecular complexity index is 604. The van der Waals surface area contributed by atoms with Gasteiger partial charge in [0.2, 0.25) is 5.78 Å². The number of furan rings is 1. The van der Waals surface area contributed by atoms with Crippen LogP contribution in [0.3, 0.4) is 0 Å². The number of ketones is 1. The molecule has 0 saturated carbocycles. The second kappa shape index (κ2) is 4.71. The van der Waals surface area contributed by atoms with Crippen molar-refractivity contribution in [3.8, 4) is 0 Å². The lowest BCUT2D eigenvalue weighted by Gasteiger charge is -1.93. The van der Waals surface area contributed by atoms with Crippen molar-refractivity contribution in [2.75, 3.05) is 0 Å². The fraction of sp³-hybridized carbons (Fsp3) is 0. The quantitative estimate of drug-likeness (QED) is 0.458. The van der Waals surface area contributed by atoms with Gasteiger partial charge >= 0.3 is 5.88 Å². The molecule has 0 saturated heterocycles. The minimum Gasteiger partial charge on any atom is -0.397 e. The molecule has 0 fully saturated rings. The number of nitrogens with zero attached hydrogens (tertiary/aromatic N) is 1. The highest BCUT2D eigenvalue weighted by atomic mass is 79.9. The number of nitro groups is 1. The number of hydrogen-bond acceptors (Lipinski definition) is 5. The smallest absolute Gasteiger partial charge is 0.397 e. The number of halogens is 2. The molecule has 0 N–H and O–H groups in total. The van der Waals surface area contributed by atoms with Crippen LogP contribution < -0.4 is 0 Å². The molecule has 5 nitrogen and oxygen atoms in total. The standard InChI is InChI=1S/C9H3Br2NO4S/c10-6-3-4(9(11)17-6)8(13)5-1-2-7(16-5)12(14)15/h1-3H. The Morgan fingerprint density at radius 3 is 2.59 bits per heavy atom. The predicted molar refractivity (Wildman–Crippen MR) is 68.5 cm³/mol. The summed E-state index contributed by atoms with van der Waals surface area (Å²) < 4.78 is 6.28. The van der Waals surface area contributed by atoms with E-state index in [0.717, 1.165) is 9.85 Å². The van der Waals surface area contributed by atoms with Crippen molar-refractivity contribution in [2.24, 2.45) is 0 Å². The van der Waals surface area contributed by atoms with E-state index in [-0.39, 0.29) is 5.76 Å². The molecule has 0 spiro atoms. The minimum absolute atomic E-state index is 0.0531. The first-order valence-electron chi connectivity index (χ1n) is 4.23. The van der Waals surface area contributed by atoms with Gasteiger partial charge in [0.05, 0.1) is 19.2 Å². The van der Waals surface area contributed by atoms with Crippen molar-refractivity contribution in [3.63, 3.8) is 0 Å². The Balaban J connectivity index is 2.37. The molecule has 2 rings (SSSR count). The van der Waals surface area contributed by atoms with Crippen LogP contribution in [0.15, 0.2) is 30.2 Å². The van der Waals surface area contributed by atoms with Gasteiger partial charge in [-0.15, -0.1) is 11.3 Å². The molecular weight excluding hydrogens is 378 g/mol. The SMILES string of the molecule is O=C(c1ccc([N+](=O)[O-])o1)c1cc(Br)sc1Br. The Kier molecular flexibility index (Phi) is 3.45.